The lowest BCUT2D eigenvalue weighted by molar-refractivity contribution is -0.663. The first kappa shape index (κ1) is 17.2. The molecule has 23 heavy (non-hydrogen) atoms. The topological polar surface area (TPSA) is 35.1 Å². The number of aromatic nitrogens is 2. The van der Waals surface area contributed by atoms with Gasteiger partial charge < -0.3 is 4.74 Å². The van der Waals surface area contributed by atoms with Crippen molar-refractivity contribution in [3.8, 4) is 0 Å². The first-order valence-corrected chi connectivity index (χ1v) is 7.45. The molecular weight excluding hydrogens is 356 g/mol. The van der Waals surface area contributed by atoms with Crippen LogP contribution in [0, 0.1) is 0 Å². The third-order valence-corrected chi connectivity index (χ3v) is 3.58. The highest BCUT2D eigenvalue weighted by Crippen LogP contribution is 2.12. The summed E-state index contributed by atoms with van der Waals surface area (Å²) in [6.07, 6.45) is 1.98. The highest BCUT2D eigenvalue weighted by Gasteiger charge is 2.18. The first-order chi connectivity index (χ1) is 10.8. The molecule has 3 aromatic rings. The Hall–Kier alpha value is -2.14. The van der Waals surface area contributed by atoms with Crippen LogP contribution < -0.4 is 4.57 Å². The summed E-state index contributed by atoms with van der Waals surface area (Å²) in [5.41, 5.74) is 3.37. The van der Waals surface area contributed by atoms with Crippen molar-refractivity contribution in [1.29, 1.82) is 0 Å². The van der Waals surface area contributed by atoms with Crippen LogP contribution in [0.3, 0.4) is 0 Å². The quantitative estimate of drug-likeness (QED) is 0.507. The summed E-state index contributed by atoms with van der Waals surface area (Å²) in [5, 5.41) is 0. The summed E-state index contributed by atoms with van der Waals surface area (Å²) in [7, 11) is 0. The van der Waals surface area contributed by atoms with E-state index in [1.165, 1.54) is 5.56 Å². The molecule has 0 aliphatic heterocycles. The maximum Gasteiger partial charge on any atom is 0.348 e. The molecule has 0 N–H and O–H groups in total. The lowest BCUT2D eigenvalue weighted by Crippen LogP contribution is -2.33. The van der Waals surface area contributed by atoms with Crippen molar-refractivity contribution in [3.63, 3.8) is 0 Å². The van der Waals surface area contributed by atoms with E-state index in [9.17, 15) is 4.79 Å². The summed E-state index contributed by atoms with van der Waals surface area (Å²) in [6, 6.07) is 18.4. The van der Waals surface area contributed by atoms with E-state index in [4.69, 9.17) is 4.74 Å². The second-order valence-electron chi connectivity index (χ2n) is 5.15. The number of fused-ring (bicyclic) bond motifs is 1. The molecule has 1 heterocycles. The van der Waals surface area contributed by atoms with Gasteiger partial charge in [-0.2, -0.15) is 0 Å². The number of benzene rings is 2. The molecule has 1 aromatic heterocycles. The van der Waals surface area contributed by atoms with E-state index >= 15 is 0 Å². The van der Waals surface area contributed by atoms with E-state index in [1.54, 1.807) is 0 Å². The van der Waals surface area contributed by atoms with Crippen LogP contribution in [0.15, 0.2) is 60.9 Å². The average Bonchev–Trinajstić information content (AvgIpc) is 2.87. The SMILES string of the molecule is Br.CCOC(=O)Cn1c[n+](Cc2ccccc2)c2ccccc21. The highest BCUT2D eigenvalue weighted by molar-refractivity contribution is 8.93. The molecule has 0 saturated heterocycles. The Bertz CT molecular complexity index is 784. The summed E-state index contributed by atoms with van der Waals surface area (Å²) < 4.78 is 9.15. The molecule has 5 heteroatoms. The van der Waals surface area contributed by atoms with Gasteiger partial charge in [-0.25, -0.2) is 13.9 Å². The molecule has 2 aromatic carbocycles. The van der Waals surface area contributed by atoms with E-state index in [2.05, 4.69) is 22.8 Å². The number of esters is 1. The number of hydrogen-bond donors (Lipinski definition) is 0. The van der Waals surface area contributed by atoms with Crippen LogP contribution in [0.1, 0.15) is 12.5 Å². The average molecular weight is 376 g/mol. The van der Waals surface area contributed by atoms with Crippen molar-refractivity contribution in [1.82, 2.24) is 4.57 Å². The maximum atomic E-state index is 11.8. The van der Waals surface area contributed by atoms with Gasteiger partial charge >= 0.3 is 5.97 Å². The monoisotopic (exact) mass is 375 g/mol. The van der Waals surface area contributed by atoms with Crippen LogP contribution in [0.25, 0.3) is 11.0 Å². The van der Waals surface area contributed by atoms with Crippen molar-refractivity contribution in [2.24, 2.45) is 0 Å². The van der Waals surface area contributed by atoms with Crippen LogP contribution in [0.2, 0.25) is 0 Å². The predicted molar refractivity (Wildman–Crippen MR) is 94.6 cm³/mol. The molecule has 0 aliphatic rings. The Labute approximate surface area is 146 Å². The van der Waals surface area contributed by atoms with E-state index < -0.39 is 0 Å². The molecule has 0 amide bonds. The molecule has 0 atom stereocenters. The Balaban J connectivity index is 0.00000192. The van der Waals surface area contributed by atoms with Gasteiger partial charge in [-0.3, -0.25) is 0 Å². The number of hydrogen-bond acceptors (Lipinski definition) is 2. The van der Waals surface area contributed by atoms with E-state index in [-0.39, 0.29) is 29.5 Å². The fraction of sp³-hybridized carbons (Fsp3) is 0.222. The van der Waals surface area contributed by atoms with Gasteiger partial charge in [-0.1, -0.05) is 42.5 Å². The van der Waals surface area contributed by atoms with Gasteiger partial charge in [0, 0.05) is 0 Å². The Morgan fingerprint density at radius 3 is 2.52 bits per heavy atom. The number of rotatable bonds is 5. The van der Waals surface area contributed by atoms with Crippen molar-refractivity contribution in [2.45, 2.75) is 20.0 Å². The highest BCUT2D eigenvalue weighted by atomic mass is 79.9. The second-order valence-corrected chi connectivity index (χ2v) is 5.15. The third-order valence-electron chi connectivity index (χ3n) is 3.58. The fourth-order valence-corrected chi connectivity index (χ4v) is 2.62. The largest absolute Gasteiger partial charge is 0.463 e. The molecule has 4 nitrogen and oxygen atoms in total. The van der Waals surface area contributed by atoms with Crippen molar-refractivity contribution < 1.29 is 14.1 Å². The maximum absolute atomic E-state index is 11.8. The standard InChI is InChI=1S/C18H19N2O2.BrH/c1-2-22-18(21)13-20-14-19(12-15-8-4-3-5-9-15)16-10-6-7-11-17(16)20;/h3-11,14H,2,12-13H2,1H3;1H/q+1;. The van der Waals surface area contributed by atoms with Crippen molar-refractivity contribution in [3.05, 3.63) is 66.5 Å². The van der Waals surface area contributed by atoms with Gasteiger partial charge in [0.1, 0.15) is 6.54 Å². The lowest BCUT2D eigenvalue weighted by Gasteiger charge is -1.99. The van der Waals surface area contributed by atoms with Crippen LogP contribution in [-0.2, 0) is 22.6 Å². The Morgan fingerprint density at radius 1 is 1.09 bits per heavy atom. The van der Waals surface area contributed by atoms with Gasteiger partial charge in [-0.15, -0.1) is 17.0 Å². The number of imidazole rings is 1. The zero-order valence-corrected chi connectivity index (χ0v) is 14.7. The van der Waals surface area contributed by atoms with E-state index in [1.807, 2.05) is 54.2 Å². The lowest BCUT2D eigenvalue weighted by atomic mass is 10.2. The van der Waals surface area contributed by atoms with Gasteiger partial charge in [0.15, 0.2) is 17.6 Å². The van der Waals surface area contributed by atoms with Gasteiger partial charge in [-0.05, 0) is 24.6 Å². The van der Waals surface area contributed by atoms with E-state index in [0.29, 0.717) is 6.61 Å². The van der Waals surface area contributed by atoms with E-state index in [0.717, 1.165) is 17.6 Å². The molecule has 120 valence electrons. The number of carbonyl (C=O) groups is 1. The van der Waals surface area contributed by atoms with Crippen molar-refractivity contribution >= 4 is 34.0 Å². The number of ether oxygens (including phenoxy) is 1. The number of nitrogens with zero attached hydrogens (tertiary/aromatic N) is 2. The van der Waals surface area contributed by atoms with Crippen LogP contribution in [0.4, 0.5) is 0 Å². The van der Waals surface area contributed by atoms with Gasteiger partial charge in [0.25, 0.3) is 0 Å². The minimum Gasteiger partial charge on any atom is -0.463 e. The summed E-state index contributed by atoms with van der Waals surface area (Å²) >= 11 is 0. The van der Waals surface area contributed by atoms with Crippen LogP contribution in [0.5, 0.6) is 0 Å². The van der Waals surface area contributed by atoms with Gasteiger partial charge in [0.05, 0.1) is 6.61 Å². The minimum atomic E-state index is -0.213. The molecule has 3 rings (SSSR count). The number of para-hydroxylation sites is 2. The molecule has 0 spiro atoms. The van der Waals surface area contributed by atoms with Crippen LogP contribution in [-0.4, -0.2) is 17.1 Å². The van der Waals surface area contributed by atoms with Crippen molar-refractivity contribution in [2.75, 3.05) is 6.61 Å². The number of carbonyl (C=O) groups excluding carboxylic acids is 1. The Kier molecular flexibility index (Phi) is 5.93. The zero-order chi connectivity index (χ0) is 15.4. The molecule has 0 unspecified atom stereocenters. The molecule has 0 aliphatic carbocycles. The normalized spacial score (nSPS) is 10.3. The summed E-state index contributed by atoms with van der Waals surface area (Å²) in [4.78, 5) is 11.8. The molecule has 0 bridgehead atoms. The minimum absolute atomic E-state index is 0. The smallest absolute Gasteiger partial charge is 0.348 e. The number of halogens is 1. The van der Waals surface area contributed by atoms with Crippen LogP contribution >= 0.6 is 17.0 Å². The molecule has 0 saturated carbocycles. The zero-order valence-electron chi connectivity index (χ0n) is 13.0. The van der Waals surface area contributed by atoms with Gasteiger partial charge in [0.2, 0.25) is 6.33 Å². The molecule has 0 radical (unpaired) electrons. The molecule has 0 fully saturated rings. The summed E-state index contributed by atoms with van der Waals surface area (Å²) in [6.45, 7) is 3.23. The Morgan fingerprint density at radius 2 is 1.78 bits per heavy atom. The third kappa shape index (κ3) is 3.99. The fourth-order valence-electron chi connectivity index (χ4n) is 2.62. The molecular formula is C18H20BrN2O2+. The second kappa shape index (κ2) is 7.92. The first-order valence-electron chi connectivity index (χ1n) is 7.45. The summed E-state index contributed by atoms with van der Waals surface area (Å²) in [5.74, 6) is -0.213. The predicted octanol–water partition coefficient (Wildman–Crippen LogP) is 3.12.